The number of hydrogen-bond donors (Lipinski definition) is 7. The lowest BCUT2D eigenvalue weighted by molar-refractivity contribution is -0.144. The molecule has 0 aromatic carbocycles. The van der Waals surface area contributed by atoms with E-state index in [9.17, 15) is 29.1 Å². The van der Waals surface area contributed by atoms with Gasteiger partial charge in [-0.15, -0.1) is 0 Å². The molecule has 0 bridgehead atoms. The molecule has 12 nitrogen and oxygen atoms in total. The van der Waals surface area contributed by atoms with Crippen LogP contribution in [0.15, 0.2) is 0 Å². The van der Waals surface area contributed by atoms with Gasteiger partial charge in [-0.3, -0.25) is 19.2 Å². The molecule has 33 heavy (non-hydrogen) atoms. The van der Waals surface area contributed by atoms with Crippen LogP contribution in [-0.4, -0.2) is 82.6 Å². The van der Waals surface area contributed by atoms with Gasteiger partial charge >= 0.3 is 11.9 Å². The van der Waals surface area contributed by atoms with Crippen LogP contribution in [0.2, 0.25) is 0 Å². The van der Waals surface area contributed by atoms with Crippen molar-refractivity contribution in [2.45, 2.75) is 70.1 Å². The first-order valence-electron chi connectivity index (χ1n) is 10.7. The van der Waals surface area contributed by atoms with Crippen LogP contribution in [0.5, 0.6) is 0 Å². The van der Waals surface area contributed by atoms with Crippen molar-refractivity contribution in [2.75, 3.05) is 18.6 Å². The predicted octanol–water partition coefficient (Wildman–Crippen LogP) is -1.13. The molecule has 9 N–H and O–H groups in total. The molecule has 3 amide bonds. The Hall–Kier alpha value is -2.38. The van der Waals surface area contributed by atoms with Crippen molar-refractivity contribution in [3.8, 4) is 0 Å². The van der Waals surface area contributed by atoms with Gasteiger partial charge < -0.3 is 37.6 Å². The van der Waals surface area contributed by atoms with Crippen molar-refractivity contribution in [2.24, 2.45) is 17.4 Å². The van der Waals surface area contributed by atoms with E-state index in [0.717, 1.165) is 0 Å². The van der Waals surface area contributed by atoms with Gasteiger partial charge in [0.05, 0.1) is 12.5 Å². The summed E-state index contributed by atoms with van der Waals surface area (Å²) >= 11 is 1.41. The van der Waals surface area contributed by atoms with Gasteiger partial charge in [0.15, 0.2) is 0 Å². The van der Waals surface area contributed by atoms with Crippen LogP contribution in [0.3, 0.4) is 0 Å². The maximum absolute atomic E-state index is 12.8. The summed E-state index contributed by atoms with van der Waals surface area (Å²) in [5.41, 5.74) is 11.2. The SMILES string of the molecule is CSCCC(NC(=O)C(CC(=O)O)NC(=O)C(N)CCCCN)C(=O)NC(C(=O)O)C(C)C. The topological polar surface area (TPSA) is 214 Å². The van der Waals surface area contributed by atoms with Gasteiger partial charge in [-0.05, 0) is 43.7 Å². The lowest BCUT2D eigenvalue weighted by atomic mass is 10.0. The monoisotopic (exact) mass is 491 g/mol. The molecule has 0 saturated heterocycles. The third kappa shape index (κ3) is 12.4. The number of carboxylic acids is 2. The number of thioether (sulfide) groups is 1. The Bertz CT molecular complexity index is 677. The molecule has 0 aromatic heterocycles. The Kier molecular flexibility index (Phi) is 15.1. The molecule has 0 aliphatic rings. The Balaban J connectivity index is 5.39. The number of carboxylic acid groups (broad SMARTS) is 2. The molecule has 0 aliphatic heterocycles. The number of hydrogen-bond acceptors (Lipinski definition) is 8. The van der Waals surface area contributed by atoms with Gasteiger partial charge in [-0.1, -0.05) is 20.3 Å². The van der Waals surface area contributed by atoms with Crippen LogP contribution in [0.4, 0.5) is 0 Å². The fourth-order valence-electron chi connectivity index (χ4n) is 2.85. The maximum Gasteiger partial charge on any atom is 0.326 e. The smallest absolute Gasteiger partial charge is 0.326 e. The molecule has 0 rings (SSSR count). The van der Waals surface area contributed by atoms with Crippen molar-refractivity contribution in [1.82, 2.24) is 16.0 Å². The molecule has 190 valence electrons. The van der Waals surface area contributed by atoms with E-state index in [1.807, 2.05) is 0 Å². The zero-order chi connectivity index (χ0) is 25.6. The lowest BCUT2D eigenvalue weighted by Crippen LogP contribution is -2.58. The van der Waals surface area contributed by atoms with E-state index in [1.54, 1.807) is 20.1 Å². The van der Waals surface area contributed by atoms with E-state index >= 15 is 0 Å². The van der Waals surface area contributed by atoms with Gasteiger partial charge in [-0.2, -0.15) is 11.8 Å². The Morgan fingerprint density at radius 2 is 1.45 bits per heavy atom. The lowest BCUT2D eigenvalue weighted by Gasteiger charge is -2.25. The number of amides is 3. The highest BCUT2D eigenvalue weighted by Crippen LogP contribution is 2.07. The molecule has 13 heteroatoms. The second-order valence-corrected chi connectivity index (χ2v) is 8.95. The molecule has 0 saturated carbocycles. The quantitative estimate of drug-likeness (QED) is 0.121. The number of carbonyl (C=O) groups is 5. The number of nitrogens with one attached hydrogen (secondary N) is 3. The van der Waals surface area contributed by atoms with E-state index in [1.165, 1.54) is 11.8 Å². The van der Waals surface area contributed by atoms with Crippen molar-refractivity contribution < 1.29 is 34.2 Å². The minimum absolute atomic E-state index is 0.176. The summed E-state index contributed by atoms with van der Waals surface area (Å²) in [5.74, 6) is -4.75. The van der Waals surface area contributed by atoms with Crippen molar-refractivity contribution in [3.05, 3.63) is 0 Å². The molecule has 0 radical (unpaired) electrons. The first-order valence-corrected chi connectivity index (χ1v) is 12.1. The molecule has 0 heterocycles. The van der Waals surface area contributed by atoms with Crippen molar-refractivity contribution in [3.63, 3.8) is 0 Å². The van der Waals surface area contributed by atoms with Crippen molar-refractivity contribution >= 4 is 41.4 Å². The van der Waals surface area contributed by atoms with Crippen LogP contribution < -0.4 is 27.4 Å². The summed E-state index contributed by atoms with van der Waals surface area (Å²) in [7, 11) is 0. The Morgan fingerprint density at radius 3 is 1.94 bits per heavy atom. The van der Waals surface area contributed by atoms with E-state index in [-0.39, 0.29) is 6.42 Å². The highest BCUT2D eigenvalue weighted by atomic mass is 32.2. The minimum atomic E-state index is -1.46. The van der Waals surface area contributed by atoms with Gasteiger partial charge in [0, 0.05) is 0 Å². The maximum atomic E-state index is 12.8. The third-order valence-electron chi connectivity index (χ3n) is 4.79. The predicted molar refractivity (Wildman–Crippen MR) is 124 cm³/mol. The molecular weight excluding hydrogens is 454 g/mol. The largest absolute Gasteiger partial charge is 0.481 e. The van der Waals surface area contributed by atoms with Gasteiger partial charge in [-0.25, -0.2) is 4.79 Å². The average Bonchev–Trinajstić information content (AvgIpc) is 2.73. The van der Waals surface area contributed by atoms with Gasteiger partial charge in [0.1, 0.15) is 18.1 Å². The zero-order valence-electron chi connectivity index (χ0n) is 19.3. The summed E-state index contributed by atoms with van der Waals surface area (Å²) in [6, 6.07) is -4.68. The number of aliphatic carboxylic acids is 2. The first-order chi connectivity index (χ1) is 15.4. The molecule has 0 aromatic rings. The summed E-state index contributed by atoms with van der Waals surface area (Å²) in [5, 5.41) is 25.6. The summed E-state index contributed by atoms with van der Waals surface area (Å²) < 4.78 is 0. The summed E-state index contributed by atoms with van der Waals surface area (Å²) in [4.78, 5) is 60.5. The number of carbonyl (C=O) groups excluding carboxylic acids is 3. The second-order valence-electron chi connectivity index (χ2n) is 7.96. The fourth-order valence-corrected chi connectivity index (χ4v) is 3.32. The van der Waals surface area contributed by atoms with Crippen LogP contribution in [0.25, 0.3) is 0 Å². The summed E-state index contributed by atoms with van der Waals surface area (Å²) in [6.45, 7) is 3.70. The zero-order valence-corrected chi connectivity index (χ0v) is 20.2. The first kappa shape index (κ1) is 30.6. The Morgan fingerprint density at radius 1 is 0.879 bits per heavy atom. The van der Waals surface area contributed by atoms with Crippen molar-refractivity contribution in [1.29, 1.82) is 0 Å². The van der Waals surface area contributed by atoms with Gasteiger partial charge in [0.2, 0.25) is 17.7 Å². The second kappa shape index (κ2) is 16.3. The van der Waals surface area contributed by atoms with Crippen LogP contribution in [-0.2, 0) is 24.0 Å². The molecular formula is C20H37N5O7S. The standard InChI is InChI=1S/C20H37N5O7S/c1-11(2)16(20(31)32)25-18(29)13(7-9-33-3)23-19(30)14(10-15(26)27)24-17(28)12(22)6-4-5-8-21/h11-14,16H,4-10,21-22H2,1-3H3,(H,23,30)(H,24,28)(H,25,29)(H,26,27)(H,31,32). The third-order valence-corrected chi connectivity index (χ3v) is 5.44. The molecule has 0 fully saturated rings. The fraction of sp³-hybridized carbons (Fsp3) is 0.750. The minimum Gasteiger partial charge on any atom is -0.481 e. The molecule has 4 unspecified atom stereocenters. The van der Waals surface area contributed by atoms with E-state index in [2.05, 4.69) is 16.0 Å². The molecule has 4 atom stereocenters. The highest BCUT2D eigenvalue weighted by Gasteiger charge is 2.32. The molecule has 0 aliphatic carbocycles. The normalized spacial score (nSPS) is 14.6. The van der Waals surface area contributed by atoms with E-state index in [0.29, 0.717) is 31.6 Å². The highest BCUT2D eigenvalue weighted by molar-refractivity contribution is 7.98. The van der Waals surface area contributed by atoms with Crippen LogP contribution >= 0.6 is 11.8 Å². The van der Waals surface area contributed by atoms with E-state index in [4.69, 9.17) is 16.6 Å². The molecule has 0 spiro atoms. The number of unbranched alkanes of at least 4 members (excludes halogenated alkanes) is 1. The number of rotatable bonds is 17. The van der Waals surface area contributed by atoms with Crippen LogP contribution in [0, 0.1) is 5.92 Å². The van der Waals surface area contributed by atoms with Crippen LogP contribution in [0.1, 0.15) is 46.0 Å². The number of nitrogens with two attached hydrogens (primary N) is 2. The summed E-state index contributed by atoms with van der Waals surface area (Å²) in [6.07, 6.45) is 2.83. The van der Waals surface area contributed by atoms with Gasteiger partial charge in [0.25, 0.3) is 0 Å². The Labute approximate surface area is 198 Å². The van der Waals surface area contributed by atoms with E-state index < -0.39 is 66.2 Å². The average molecular weight is 492 g/mol.